The second-order valence-corrected chi connectivity index (χ2v) is 8.57. The van der Waals surface area contributed by atoms with Crippen LogP contribution in [-0.2, 0) is 4.74 Å². The third-order valence-corrected chi connectivity index (χ3v) is 6.64. The van der Waals surface area contributed by atoms with Crippen molar-refractivity contribution in [2.75, 3.05) is 44.5 Å². The first-order valence-electron chi connectivity index (χ1n) is 11.3. The lowest BCUT2D eigenvalue weighted by atomic mass is 9.90. The van der Waals surface area contributed by atoms with Crippen LogP contribution in [0.1, 0.15) is 25.7 Å². The van der Waals surface area contributed by atoms with Crippen molar-refractivity contribution >= 4 is 22.4 Å². The Balaban J connectivity index is 1.33. The van der Waals surface area contributed by atoms with Crippen molar-refractivity contribution in [1.29, 1.82) is 0 Å². The summed E-state index contributed by atoms with van der Waals surface area (Å²) in [7, 11) is 1.57. The number of pyridine rings is 1. The minimum absolute atomic E-state index is 0.423. The van der Waals surface area contributed by atoms with Crippen LogP contribution in [0.25, 0.3) is 22.0 Å². The van der Waals surface area contributed by atoms with Crippen molar-refractivity contribution in [2.24, 2.45) is 0 Å². The van der Waals surface area contributed by atoms with E-state index in [2.05, 4.69) is 31.2 Å². The molecule has 168 valence electrons. The minimum atomic E-state index is 0.423. The summed E-state index contributed by atoms with van der Waals surface area (Å²) in [6.07, 6.45) is 8.13. The molecule has 0 atom stereocenters. The molecule has 1 saturated carbocycles. The third-order valence-electron chi connectivity index (χ3n) is 6.64. The minimum Gasteiger partial charge on any atom is -0.480 e. The predicted octanol–water partition coefficient (Wildman–Crippen LogP) is 3.34. The Labute approximate surface area is 188 Å². The van der Waals surface area contributed by atoms with Crippen molar-refractivity contribution in [2.45, 2.75) is 37.8 Å². The number of hydrogen-bond acceptors (Lipinski definition) is 8. The fourth-order valence-electron chi connectivity index (χ4n) is 4.87. The lowest BCUT2D eigenvalue weighted by Crippen LogP contribution is -2.46. The fourth-order valence-corrected chi connectivity index (χ4v) is 4.87. The van der Waals surface area contributed by atoms with Gasteiger partial charge in [0.2, 0.25) is 5.88 Å². The van der Waals surface area contributed by atoms with Crippen molar-refractivity contribution in [3.63, 3.8) is 0 Å². The monoisotopic (exact) mass is 434 g/mol. The van der Waals surface area contributed by atoms with Crippen LogP contribution in [0.4, 0.5) is 11.5 Å². The van der Waals surface area contributed by atoms with Crippen molar-refractivity contribution in [3.05, 3.63) is 36.8 Å². The molecule has 1 aliphatic heterocycles. The SMILES string of the molecule is COc1ncc(-c2ccc3ncnc(NC4CCC(N5CCOCC5)CC4)c3c2)cc1N. The number of aromatic nitrogens is 3. The summed E-state index contributed by atoms with van der Waals surface area (Å²) in [6, 6.07) is 9.16. The molecule has 3 aromatic rings. The number of hydrogen-bond donors (Lipinski definition) is 2. The Kier molecular flexibility index (Phi) is 6.05. The Morgan fingerprint density at radius 3 is 2.59 bits per heavy atom. The lowest BCUT2D eigenvalue weighted by Gasteiger charge is -2.39. The zero-order valence-electron chi connectivity index (χ0n) is 18.5. The van der Waals surface area contributed by atoms with Crippen LogP contribution >= 0.6 is 0 Å². The van der Waals surface area contributed by atoms with Gasteiger partial charge in [-0.05, 0) is 49.4 Å². The van der Waals surface area contributed by atoms with E-state index in [-0.39, 0.29) is 0 Å². The summed E-state index contributed by atoms with van der Waals surface area (Å²) in [4.78, 5) is 15.9. The molecule has 2 aliphatic rings. The van der Waals surface area contributed by atoms with Crippen molar-refractivity contribution in [3.8, 4) is 17.0 Å². The van der Waals surface area contributed by atoms with E-state index >= 15 is 0 Å². The van der Waals surface area contributed by atoms with E-state index in [1.807, 2.05) is 18.2 Å². The third kappa shape index (κ3) is 4.33. The molecule has 3 N–H and O–H groups in total. The quantitative estimate of drug-likeness (QED) is 0.631. The summed E-state index contributed by atoms with van der Waals surface area (Å²) in [5.74, 6) is 1.33. The van der Waals surface area contributed by atoms with Gasteiger partial charge in [-0.3, -0.25) is 4.90 Å². The second kappa shape index (κ2) is 9.26. The van der Waals surface area contributed by atoms with E-state index in [0.717, 1.165) is 67.0 Å². The van der Waals surface area contributed by atoms with E-state index < -0.39 is 0 Å². The van der Waals surface area contributed by atoms with Gasteiger partial charge in [-0.1, -0.05) is 6.07 Å². The van der Waals surface area contributed by atoms with E-state index in [0.29, 0.717) is 23.7 Å². The number of benzene rings is 1. The van der Waals surface area contributed by atoms with Crippen LogP contribution in [0.15, 0.2) is 36.8 Å². The van der Waals surface area contributed by atoms with Gasteiger partial charge in [0.1, 0.15) is 12.1 Å². The average molecular weight is 435 g/mol. The Morgan fingerprint density at radius 2 is 1.84 bits per heavy atom. The van der Waals surface area contributed by atoms with Gasteiger partial charge >= 0.3 is 0 Å². The van der Waals surface area contributed by atoms with Gasteiger partial charge in [0, 0.05) is 42.3 Å². The number of nitrogens with two attached hydrogens (primary N) is 1. The van der Waals surface area contributed by atoms with Gasteiger partial charge in [-0.15, -0.1) is 0 Å². The van der Waals surface area contributed by atoms with E-state index in [4.69, 9.17) is 15.2 Å². The average Bonchev–Trinajstić information content (AvgIpc) is 2.85. The topological polar surface area (TPSA) is 98.4 Å². The maximum atomic E-state index is 6.07. The highest BCUT2D eigenvalue weighted by Crippen LogP contribution is 2.31. The highest BCUT2D eigenvalue weighted by atomic mass is 16.5. The Hall–Kier alpha value is -2.97. The number of nitrogen functional groups attached to an aromatic ring is 1. The molecule has 2 fully saturated rings. The van der Waals surface area contributed by atoms with Gasteiger partial charge in [0.15, 0.2) is 0 Å². The maximum Gasteiger partial charge on any atom is 0.236 e. The molecule has 5 rings (SSSR count). The molecule has 2 aromatic heterocycles. The second-order valence-electron chi connectivity index (χ2n) is 8.57. The lowest BCUT2D eigenvalue weighted by molar-refractivity contribution is 0.00791. The number of fused-ring (bicyclic) bond motifs is 1. The number of anilines is 2. The fraction of sp³-hybridized carbons (Fsp3) is 0.458. The molecule has 1 aromatic carbocycles. The molecule has 0 amide bonds. The molecule has 0 radical (unpaired) electrons. The molecule has 32 heavy (non-hydrogen) atoms. The highest BCUT2D eigenvalue weighted by Gasteiger charge is 2.27. The molecular weight excluding hydrogens is 404 g/mol. The summed E-state index contributed by atoms with van der Waals surface area (Å²) < 4.78 is 10.7. The zero-order valence-corrected chi connectivity index (χ0v) is 18.5. The summed E-state index contributed by atoms with van der Waals surface area (Å²) in [5, 5.41) is 4.71. The molecular formula is C24H30N6O2. The van der Waals surface area contributed by atoms with E-state index in [1.54, 1.807) is 19.6 Å². The van der Waals surface area contributed by atoms with Crippen molar-refractivity contribution < 1.29 is 9.47 Å². The van der Waals surface area contributed by atoms with Crippen molar-refractivity contribution in [1.82, 2.24) is 19.9 Å². The number of nitrogens with zero attached hydrogens (tertiary/aromatic N) is 4. The number of rotatable bonds is 5. The first-order chi connectivity index (χ1) is 15.7. The van der Waals surface area contributed by atoms with Gasteiger partial charge in [-0.2, -0.15) is 0 Å². The molecule has 3 heterocycles. The van der Waals surface area contributed by atoms with Crippen LogP contribution in [0, 0.1) is 0 Å². The van der Waals surface area contributed by atoms with Crippen LogP contribution in [0.5, 0.6) is 5.88 Å². The normalized spacial score (nSPS) is 22.0. The van der Waals surface area contributed by atoms with Gasteiger partial charge in [0.05, 0.1) is 31.5 Å². The van der Waals surface area contributed by atoms with E-state index in [9.17, 15) is 0 Å². The molecule has 0 spiro atoms. The zero-order chi connectivity index (χ0) is 21.9. The highest BCUT2D eigenvalue weighted by molar-refractivity contribution is 5.92. The first kappa shape index (κ1) is 20.9. The van der Waals surface area contributed by atoms with Crippen LogP contribution < -0.4 is 15.8 Å². The number of ether oxygens (including phenoxy) is 2. The molecule has 0 bridgehead atoms. The number of nitrogens with one attached hydrogen (secondary N) is 1. The Bertz CT molecular complexity index is 1080. The van der Waals surface area contributed by atoms with Gasteiger partial charge < -0.3 is 20.5 Å². The predicted molar refractivity (Wildman–Crippen MR) is 126 cm³/mol. The Morgan fingerprint density at radius 1 is 1.03 bits per heavy atom. The van der Waals surface area contributed by atoms with E-state index in [1.165, 1.54) is 12.8 Å². The maximum absolute atomic E-state index is 6.07. The molecule has 8 nitrogen and oxygen atoms in total. The molecule has 1 aliphatic carbocycles. The number of methoxy groups -OCH3 is 1. The standard InChI is InChI=1S/C24H30N6O2/c1-31-24-21(25)13-17(14-26-24)16-2-7-22-20(12-16)23(28-15-27-22)29-18-3-5-19(6-4-18)30-8-10-32-11-9-30/h2,7,12-15,18-19H,3-6,8-11,25H2,1H3,(H,27,28,29). The van der Waals surface area contributed by atoms with Crippen LogP contribution in [0.3, 0.4) is 0 Å². The molecule has 0 unspecified atom stereocenters. The van der Waals surface area contributed by atoms with Crippen LogP contribution in [-0.4, -0.2) is 65.3 Å². The van der Waals surface area contributed by atoms with Gasteiger partial charge in [-0.25, -0.2) is 15.0 Å². The molecule has 1 saturated heterocycles. The largest absolute Gasteiger partial charge is 0.480 e. The first-order valence-corrected chi connectivity index (χ1v) is 11.3. The van der Waals surface area contributed by atoms with Gasteiger partial charge in [0.25, 0.3) is 0 Å². The van der Waals surface area contributed by atoms with Crippen LogP contribution in [0.2, 0.25) is 0 Å². The number of morpholine rings is 1. The summed E-state index contributed by atoms with van der Waals surface area (Å²) in [6.45, 7) is 3.85. The smallest absolute Gasteiger partial charge is 0.236 e. The molecule has 8 heteroatoms. The summed E-state index contributed by atoms with van der Waals surface area (Å²) in [5.41, 5.74) is 9.46. The summed E-state index contributed by atoms with van der Waals surface area (Å²) >= 11 is 0.